The van der Waals surface area contributed by atoms with E-state index in [0.717, 1.165) is 18.8 Å². The highest BCUT2D eigenvalue weighted by molar-refractivity contribution is 7.24. The van der Waals surface area contributed by atoms with E-state index in [-0.39, 0.29) is 10.9 Å². The second-order valence-corrected chi connectivity index (χ2v) is 9.26. The van der Waals surface area contributed by atoms with Crippen molar-refractivity contribution in [2.24, 2.45) is 0 Å². The van der Waals surface area contributed by atoms with Crippen LogP contribution in [0.5, 0.6) is 0 Å². The van der Waals surface area contributed by atoms with Crippen molar-refractivity contribution in [3.63, 3.8) is 0 Å². The number of rotatable bonds is 0. The van der Waals surface area contributed by atoms with E-state index in [1.807, 2.05) is 54.6 Å². The summed E-state index contributed by atoms with van der Waals surface area (Å²) in [6.45, 7) is 0. The molecule has 4 aromatic heterocycles. The molecule has 8 aromatic rings. The van der Waals surface area contributed by atoms with Crippen molar-refractivity contribution in [2.75, 3.05) is 0 Å². The summed E-state index contributed by atoms with van der Waals surface area (Å²) < 4.78 is 4.42. The summed E-state index contributed by atoms with van der Waals surface area (Å²) in [5.41, 5.74) is -0.174. The third kappa shape index (κ3) is 3.75. The Kier molecular flexibility index (Phi) is 4.87. The van der Waals surface area contributed by atoms with E-state index in [4.69, 9.17) is 0 Å². The fourth-order valence-corrected chi connectivity index (χ4v) is 5.19. The number of hydrogen-bond acceptors (Lipinski definition) is 4. The van der Waals surface area contributed by atoms with Gasteiger partial charge in [-0.15, -0.1) is 22.7 Å². The summed E-state index contributed by atoms with van der Waals surface area (Å²) in [5.74, 6) is 0. The van der Waals surface area contributed by atoms with Crippen LogP contribution in [0.15, 0.2) is 107 Å². The highest BCUT2D eigenvalue weighted by Gasteiger charge is 1.98. The first-order chi connectivity index (χ1) is 14.7. The second kappa shape index (κ2) is 7.82. The molecule has 0 aliphatic rings. The lowest BCUT2D eigenvalue weighted by atomic mass is 10.1. The Balaban J connectivity index is 1.96. The van der Waals surface area contributed by atoms with Crippen LogP contribution in [-0.4, -0.2) is 0 Å². The largest absolute Gasteiger partial charge is 0.289 e. The third-order valence-corrected chi connectivity index (χ3v) is 6.89. The predicted octanol–water partition coefficient (Wildman–Crippen LogP) is 6.83. The van der Waals surface area contributed by atoms with Gasteiger partial charge in [0.2, 0.25) is 0 Å². The normalized spacial score (nSPS) is 10.9. The molecule has 0 unspecified atom stereocenters. The van der Waals surface area contributed by atoms with Gasteiger partial charge in [-0.1, -0.05) is 24.3 Å². The van der Waals surface area contributed by atoms with Crippen LogP contribution in [0.1, 0.15) is 0 Å². The molecule has 0 amide bonds. The quantitative estimate of drug-likeness (QED) is 0.273. The van der Waals surface area contributed by atoms with Crippen LogP contribution in [0.4, 0.5) is 0 Å². The fraction of sp³-hybridized carbons (Fsp3) is 0. The number of hydrogen-bond donors (Lipinski definition) is 0. The van der Waals surface area contributed by atoms with Crippen molar-refractivity contribution in [3.05, 3.63) is 118 Å². The Labute approximate surface area is 180 Å². The Bertz CT molecular complexity index is 1490. The topological polar surface area (TPSA) is 34.1 Å². The van der Waals surface area contributed by atoms with Gasteiger partial charge in [-0.25, -0.2) is 0 Å². The van der Waals surface area contributed by atoms with Crippen molar-refractivity contribution in [2.45, 2.75) is 0 Å². The minimum absolute atomic E-state index is 0.0870. The van der Waals surface area contributed by atoms with Crippen molar-refractivity contribution in [1.82, 2.24) is 0 Å². The first kappa shape index (κ1) is 18.7. The molecule has 8 bridgehead atoms. The zero-order valence-electron chi connectivity index (χ0n) is 15.9. The zero-order valence-corrected chi connectivity index (χ0v) is 17.5. The van der Waals surface area contributed by atoms with Crippen LogP contribution in [0.2, 0.25) is 0 Å². The summed E-state index contributed by atoms with van der Waals surface area (Å²) in [5, 5.41) is 2.25. The van der Waals surface area contributed by atoms with E-state index in [2.05, 4.69) is 18.2 Å². The highest BCUT2D eigenvalue weighted by atomic mass is 32.1. The van der Waals surface area contributed by atoms with Crippen LogP contribution >= 0.6 is 22.7 Å². The molecule has 0 radical (unpaired) electrons. The van der Waals surface area contributed by atoms with E-state index in [1.54, 1.807) is 46.9 Å². The van der Waals surface area contributed by atoms with Gasteiger partial charge in [0, 0.05) is 40.3 Å². The summed E-state index contributed by atoms with van der Waals surface area (Å²) in [6.07, 6.45) is 0. The van der Waals surface area contributed by atoms with E-state index < -0.39 is 0 Å². The maximum absolute atomic E-state index is 13.0. The molecule has 0 saturated heterocycles. The van der Waals surface area contributed by atoms with Gasteiger partial charge in [0.05, 0.1) is 0 Å². The van der Waals surface area contributed by atoms with Gasteiger partial charge in [0.25, 0.3) is 0 Å². The maximum atomic E-state index is 13.0. The predicted molar refractivity (Wildman–Crippen MR) is 131 cm³/mol. The average molecular weight is 425 g/mol. The Hall–Kier alpha value is -3.34. The van der Waals surface area contributed by atoms with Gasteiger partial charge in [-0.05, 0) is 72.8 Å². The molecule has 2 nitrogen and oxygen atoms in total. The monoisotopic (exact) mass is 424 g/mol. The molecule has 4 heterocycles. The molecular formula is C26H16O2S2. The average Bonchev–Trinajstić information content (AvgIpc) is 2.79. The first-order valence-corrected chi connectivity index (χ1v) is 11.1. The molecule has 0 saturated carbocycles. The van der Waals surface area contributed by atoms with Gasteiger partial charge < -0.3 is 0 Å². The van der Waals surface area contributed by atoms with E-state index in [0.29, 0.717) is 21.5 Å². The second-order valence-electron chi connectivity index (χ2n) is 6.97. The molecular weight excluding hydrogens is 408 g/mol. The third-order valence-electron chi connectivity index (χ3n) is 4.90. The maximum Gasteiger partial charge on any atom is 0.193 e. The minimum Gasteiger partial charge on any atom is -0.289 e. The molecule has 0 N–H and O–H groups in total. The molecule has 144 valence electrons. The van der Waals surface area contributed by atoms with E-state index >= 15 is 0 Å². The lowest BCUT2D eigenvalue weighted by Gasteiger charge is -1.95. The summed E-state index contributed by atoms with van der Waals surface area (Å²) >= 11 is 3.34. The molecule has 0 fully saturated rings. The minimum atomic E-state index is -0.0870. The van der Waals surface area contributed by atoms with Gasteiger partial charge >= 0.3 is 0 Å². The lowest BCUT2D eigenvalue weighted by Crippen LogP contribution is -2.01. The Morgan fingerprint density at radius 2 is 0.833 bits per heavy atom. The van der Waals surface area contributed by atoms with Crippen LogP contribution in [0.3, 0.4) is 0 Å². The van der Waals surface area contributed by atoms with Gasteiger partial charge in [0.15, 0.2) is 10.9 Å². The summed E-state index contributed by atoms with van der Waals surface area (Å²) in [4.78, 5) is 25.9. The van der Waals surface area contributed by atoms with Crippen LogP contribution < -0.4 is 10.9 Å². The summed E-state index contributed by atoms with van der Waals surface area (Å²) in [7, 11) is 0. The molecule has 0 spiro atoms. The number of benzene rings is 4. The van der Waals surface area contributed by atoms with Gasteiger partial charge in [-0.2, -0.15) is 0 Å². The first-order valence-electron chi connectivity index (χ1n) is 9.51. The smallest absolute Gasteiger partial charge is 0.193 e. The molecule has 0 aliphatic heterocycles. The molecule has 4 heteroatoms. The molecule has 30 heavy (non-hydrogen) atoms. The lowest BCUT2D eigenvalue weighted by molar-refractivity contribution is 1.69. The summed E-state index contributed by atoms with van der Waals surface area (Å²) in [6, 6.07) is 30.6. The Morgan fingerprint density at radius 3 is 1.30 bits per heavy atom. The van der Waals surface area contributed by atoms with Crippen molar-refractivity contribution in [3.8, 4) is 0 Å². The van der Waals surface area contributed by atoms with Crippen molar-refractivity contribution in [1.29, 1.82) is 0 Å². The van der Waals surface area contributed by atoms with Crippen molar-refractivity contribution < 1.29 is 0 Å². The van der Waals surface area contributed by atoms with Crippen LogP contribution in [0, 0.1) is 0 Å². The SMILES string of the molecule is O=c1c2ccc(cc2)sc2cccc(c2)sc2ccc(cc2)c(=O)c2cccc1c2. The van der Waals surface area contributed by atoms with Gasteiger partial charge in [0.1, 0.15) is 0 Å². The fourth-order valence-electron chi connectivity index (χ4n) is 3.36. The highest BCUT2D eigenvalue weighted by Crippen LogP contribution is 2.21. The molecule has 0 atom stereocenters. The standard InChI is InChI=1S/C26H16O2S2/c27-25-17-7-11-21(12-8-17)29-23-5-2-6-24(16-23)30-22-13-9-18(10-14-22)26(28)20-4-1-3-19(25)15-20/h1-16H. The van der Waals surface area contributed by atoms with E-state index in [1.165, 1.54) is 0 Å². The molecule has 0 aliphatic carbocycles. The zero-order chi connectivity index (χ0) is 20.5. The molecule has 8 rings (SSSR count). The van der Waals surface area contributed by atoms with Crippen LogP contribution in [0.25, 0.3) is 40.3 Å². The van der Waals surface area contributed by atoms with Crippen molar-refractivity contribution >= 4 is 63.0 Å². The van der Waals surface area contributed by atoms with E-state index in [9.17, 15) is 9.59 Å². The molecule has 4 aromatic carbocycles. The Morgan fingerprint density at radius 1 is 0.400 bits per heavy atom. The van der Waals surface area contributed by atoms with Crippen LogP contribution in [-0.2, 0) is 0 Å². The van der Waals surface area contributed by atoms with Gasteiger partial charge in [-0.3, -0.25) is 9.59 Å².